The largest absolute Gasteiger partial charge is 0.398 e. The van der Waals surface area contributed by atoms with Gasteiger partial charge in [-0.15, -0.1) is 0 Å². The van der Waals surface area contributed by atoms with Crippen LogP contribution in [0.4, 0.5) is 11.4 Å². The summed E-state index contributed by atoms with van der Waals surface area (Å²) in [4.78, 5) is 24.0. The number of nitro benzene ring substituents is 1. The molecule has 0 saturated carbocycles. The molecule has 0 unspecified atom stereocenters. The SMILES string of the molecule is CN(Cc1cnn(C)c1)C(=O)c1cc([N+](=O)[O-])ccc1N. The number of non-ortho nitro benzene ring substituents is 1. The van der Waals surface area contributed by atoms with Gasteiger partial charge in [-0.25, -0.2) is 0 Å². The smallest absolute Gasteiger partial charge is 0.270 e. The highest BCUT2D eigenvalue weighted by molar-refractivity contribution is 5.99. The lowest BCUT2D eigenvalue weighted by Gasteiger charge is -2.17. The first-order valence-corrected chi connectivity index (χ1v) is 6.15. The molecule has 1 amide bonds. The van der Waals surface area contributed by atoms with Crippen LogP contribution in [0.15, 0.2) is 30.6 Å². The number of carbonyl (C=O) groups is 1. The second-order valence-electron chi connectivity index (χ2n) is 4.71. The number of nitrogens with zero attached hydrogens (tertiary/aromatic N) is 4. The molecule has 0 spiro atoms. The van der Waals surface area contributed by atoms with Gasteiger partial charge in [0.1, 0.15) is 0 Å². The summed E-state index contributed by atoms with van der Waals surface area (Å²) in [5, 5.41) is 14.8. The van der Waals surface area contributed by atoms with Crippen LogP contribution >= 0.6 is 0 Å². The zero-order chi connectivity index (χ0) is 15.6. The predicted octanol–water partition coefficient (Wildman–Crippen LogP) is 1.18. The standard InChI is InChI=1S/C13H15N5O3/c1-16(7-9-6-15-17(2)8-9)13(19)11-5-10(18(20)21)3-4-12(11)14/h3-6,8H,7,14H2,1-2H3. The molecule has 21 heavy (non-hydrogen) atoms. The minimum absolute atomic E-state index is 0.121. The molecule has 0 aliphatic heterocycles. The van der Waals surface area contributed by atoms with E-state index in [0.717, 1.165) is 5.56 Å². The van der Waals surface area contributed by atoms with E-state index in [1.807, 2.05) is 0 Å². The van der Waals surface area contributed by atoms with Gasteiger partial charge in [0.25, 0.3) is 11.6 Å². The van der Waals surface area contributed by atoms with Crippen molar-refractivity contribution in [3.63, 3.8) is 0 Å². The molecule has 2 aromatic rings. The topological polar surface area (TPSA) is 107 Å². The van der Waals surface area contributed by atoms with Gasteiger partial charge in [-0.2, -0.15) is 5.10 Å². The Labute approximate surface area is 120 Å². The van der Waals surface area contributed by atoms with Gasteiger partial charge in [-0.3, -0.25) is 19.6 Å². The first-order valence-electron chi connectivity index (χ1n) is 6.15. The molecule has 8 heteroatoms. The van der Waals surface area contributed by atoms with Gasteiger partial charge in [0.15, 0.2) is 0 Å². The van der Waals surface area contributed by atoms with E-state index in [4.69, 9.17) is 5.73 Å². The molecule has 1 aromatic heterocycles. The van der Waals surface area contributed by atoms with Crippen LogP contribution in [0.2, 0.25) is 0 Å². The normalized spacial score (nSPS) is 10.4. The maximum Gasteiger partial charge on any atom is 0.270 e. The van der Waals surface area contributed by atoms with Gasteiger partial charge in [0, 0.05) is 50.2 Å². The van der Waals surface area contributed by atoms with E-state index in [9.17, 15) is 14.9 Å². The molecule has 0 aliphatic carbocycles. The molecule has 1 heterocycles. The van der Waals surface area contributed by atoms with E-state index in [2.05, 4.69) is 5.10 Å². The number of hydrogen-bond donors (Lipinski definition) is 1. The van der Waals surface area contributed by atoms with Gasteiger partial charge in [0.05, 0.1) is 16.7 Å². The molecule has 0 radical (unpaired) electrons. The predicted molar refractivity (Wildman–Crippen MR) is 76.5 cm³/mol. The lowest BCUT2D eigenvalue weighted by atomic mass is 10.1. The fraction of sp³-hybridized carbons (Fsp3) is 0.231. The van der Waals surface area contributed by atoms with E-state index in [-0.39, 0.29) is 22.8 Å². The third-order valence-electron chi connectivity index (χ3n) is 3.00. The molecule has 0 atom stereocenters. The summed E-state index contributed by atoms with van der Waals surface area (Å²) in [5.41, 5.74) is 6.77. The van der Waals surface area contributed by atoms with E-state index in [1.165, 1.54) is 23.1 Å². The molecule has 0 bridgehead atoms. The van der Waals surface area contributed by atoms with Crippen LogP contribution in [0.25, 0.3) is 0 Å². The number of carbonyl (C=O) groups excluding carboxylic acids is 1. The first kappa shape index (κ1) is 14.5. The number of nitrogens with two attached hydrogens (primary N) is 1. The lowest BCUT2D eigenvalue weighted by Crippen LogP contribution is -2.26. The summed E-state index contributed by atoms with van der Waals surface area (Å²) < 4.78 is 1.63. The minimum atomic E-state index is -0.558. The van der Waals surface area contributed by atoms with Crippen LogP contribution in [0.5, 0.6) is 0 Å². The number of aryl methyl sites for hydroxylation is 1. The second kappa shape index (κ2) is 5.61. The molecule has 0 fully saturated rings. The van der Waals surface area contributed by atoms with Crippen molar-refractivity contribution in [3.05, 3.63) is 51.8 Å². The summed E-state index contributed by atoms with van der Waals surface area (Å²) in [6, 6.07) is 3.83. The van der Waals surface area contributed by atoms with Gasteiger partial charge in [0.2, 0.25) is 0 Å². The lowest BCUT2D eigenvalue weighted by molar-refractivity contribution is -0.384. The quantitative estimate of drug-likeness (QED) is 0.516. The molecule has 8 nitrogen and oxygen atoms in total. The Hall–Kier alpha value is -2.90. The van der Waals surface area contributed by atoms with Crippen molar-refractivity contribution < 1.29 is 9.72 Å². The molecule has 2 N–H and O–H groups in total. The fourth-order valence-corrected chi connectivity index (χ4v) is 1.95. The third-order valence-corrected chi connectivity index (χ3v) is 3.00. The maximum atomic E-state index is 12.3. The van der Waals surface area contributed by atoms with Gasteiger partial charge < -0.3 is 10.6 Å². The number of nitrogen functional groups attached to an aromatic ring is 1. The Kier molecular flexibility index (Phi) is 3.88. The van der Waals surface area contributed by atoms with Crippen molar-refractivity contribution >= 4 is 17.3 Å². The van der Waals surface area contributed by atoms with Crippen molar-refractivity contribution in [1.29, 1.82) is 0 Å². The number of nitro groups is 1. The fourth-order valence-electron chi connectivity index (χ4n) is 1.95. The van der Waals surface area contributed by atoms with Crippen LogP contribution < -0.4 is 5.73 Å². The zero-order valence-electron chi connectivity index (χ0n) is 11.7. The Morgan fingerprint density at radius 1 is 1.52 bits per heavy atom. The van der Waals surface area contributed by atoms with E-state index in [0.29, 0.717) is 6.54 Å². The Balaban J connectivity index is 2.22. The van der Waals surface area contributed by atoms with Crippen LogP contribution in [-0.2, 0) is 13.6 Å². The highest BCUT2D eigenvalue weighted by Gasteiger charge is 2.19. The van der Waals surface area contributed by atoms with Crippen LogP contribution in [0.1, 0.15) is 15.9 Å². The number of benzene rings is 1. The summed E-state index contributed by atoms with van der Waals surface area (Å²) in [6.45, 7) is 0.342. The molecular weight excluding hydrogens is 274 g/mol. The highest BCUT2D eigenvalue weighted by Crippen LogP contribution is 2.21. The summed E-state index contributed by atoms with van der Waals surface area (Å²) in [6.07, 6.45) is 3.45. The van der Waals surface area contributed by atoms with Gasteiger partial charge >= 0.3 is 0 Å². The molecule has 1 aromatic carbocycles. The molecule has 110 valence electrons. The van der Waals surface area contributed by atoms with Crippen molar-refractivity contribution in [2.45, 2.75) is 6.54 Å². The monoisotopic (exact) mass is 289 g/mol. The number of amides is 1. The molecule has 0 saturated heterocycles. The van der Waals surface area contributed by atoms with Crippen LogP contribution in [-0.4, -0.2) is 32.6 Å². The average Bonchev–Trinajstić information content (AvgIpc) is 2.83. The molecular formula is C13H15N5O3. The third kappa shape index (κ3) is 3.16. The van der Waals surface area contributed by atoms with Gasteiger partial charge in [-0.05, 0) is 6.07 Å². The van der Waals surface area contributed by atoms with Gasteiger partial charge in [-0.1, -0.05) is 0 Å². The van der Waals surface area contributed by atoms with Crippen molar-refractivity contribution in [1.82, 2.24) is 14.7 Å². The highest BCUT2D eigenvalue weighted by atomic mass is 16.6. The van der Waals surface area contributed by atoms with E-state index >= 15 is 0 Å². The number of aromatic nitrogens is 2. The van der Waals surface area contributed by atoms with Crippen molar-refractivity contribution in [2.75, 3.05) is 12.8 Å². The molecule has 2 rings (SSSR count). The second-order valence-corrected chi connectivity index (χ2v) is 4.71. The van der Waals surface area contributed by atoms with Crippen molar-refractivity contribution in [3.8, 4) is 0 Å². The van der Waals surface area contributed by atoms with Crippen molar-refractivity contribution in [2.24, 2.45) is 7.05 Å². The van der Waals surface area contributed by atoms with E-state index < -0.39 is 4.92 Å². The number of hydrogen-bond acceptors (Lipinski definition) is 5. The van der Waals surface area contributed by atoms with E-state index in [1.54, 1.807) is 31.2 Å². The minimum Gasteiger partial charge on any atom is -0.398 e. The Bertz CT molecular complexity index is 695. The Morgan fingerprint density at radius 3 is 2.81 bits per heavy atom. The number of rotatable bonds is 4. The van der Waals surface area contributed by atoms with Crippen LogP contribution in [0, 0.1) is 10.1 Å². The van der Waals surface area contributed by atoms with Crippen LogP contribution in [0.3, 0.4) is 0 Å². The summed E-state index contributed by atoms with van der Waals surface area (Å²) in [7, 11) is 3.39. The number of anilines is 1. The summed E-state index contributed by atoms with van der Waals surface area (Å²) >= 11 is 0. The molecule has 0 aliphatic rings. The average molecular weight is 289 g/mol. The summed E-state index contributed by atoms with van der Waals surface area (Å²) in [5.74, 6) is -0.375. The maximum absolute atomic E-state index is 12.3. The Morgan fingerprint density at radius 2 is 2.24 bits per heavy atom. The zero-order valence-corrected chi connectivity index (χ0v) is 11.7. The first-order chi connectivity index (χ1) is 9.88.